The van der Waals surface area contributed by atoms with Crippen LogP contribution in [-0.2, 0) is 65.4 Å². The van der Waals surface area contributed by atoms with Crippen molar-refractivity contribution in [2.75, 3.05) is 39.6 Å². The number of phosphoric acid groups is 2. The number of hydrogen-bond donors (Lipinski definition) is 3. The number of phosphoric ester groups is 2. The van der Waals surface area contributed by atoms with Gasteiger partial charge in [0.05, 0.1) is 26.4 Å². The van der Waals surface area contributed by atoms with Gasteiger partial charge in [-0.2, -0.15) is 0 Å². The zero-order chi connectivity index (χ0) is 70.1. The molecular weight excluding hydrogens is 1250 g/mol. The fraction of sp³-hybridized carbons (Fsp3) is 0.947. The van der Waals surface area contributed by atoms with E-state index in [-0.39, 0.29) is 25.7 Å². The summed E-state index contributed by atoms with van der Waals surface area (Å²) in [5.74, 6) is 0.166. The third kappa shape index (κ3) is 70.3. The molecule has 0 rings (SSSR count). The molecule has 0 spiro atoms. The van der Waals surface area contributed by atoms with Gasteiger partial charge in [0.25, 0.3) is 0 Å². The van der Waals surface area contributed by atoms with Gasteiger partial charge in [-0.05, 0) is 43.4 Å². The normalized spacial score (nSPS) is 14.1. The first-order chi connectivity index (χ1) is 45.7. The molecule has 0 bridgehead atoms. The second-order valence-corrected chi connectivity index (χ2v) is 31.7. The Hall–Kier alpha value is -1.94. The average Bonchev–Trinajstić information content (AvgIpc) is 3.69. The van der Waals surface area contributed by atoms with Crippen molar-refractivity contribution in [3.8, 4) is 0 Å². The second-order valence-electron chi connectivity index (χ2n) is 28.8. The van der Waals surface area contributed by atoms with Gasteiger partial charge >= 0.3 is 39.5 Å². The number of aliphatic hydroxyl groups excluding tert-OH is 1. The fourth-order valence-electron chi connectivity index (χ4n) is 11.6. The number of aliphatic hydroxyl groups is 1. The molecule has 0 heterocycles. The molecule has 0 fully saturated rings. The van der Waals surface area contributed by atoms with E-state index in [9.17, 15) is 43.2 Å². The van der Waals surface area contributed by atoms with Crippen molar-refractivity contribution in [1.82, 2.24) is 0 Å². The predicted molar refractivity (Wildman–Crippen MR) is 386 cm³/mol. The van der Waals surface area contributed by atoms with Crippen LogP contribution in [0.25, 0.3) is 0 Å². The van der Waals surface area contributed by atoms with Gasteiger partial charge in [0.2, 0.25) is 0 Å². The Labute approximate surface area is 581 Å². The van der Waals surface area contributed by atoms with E-state index < -0.39 is 97.5 Å². The molecular formula is C76H148O17P2. The standard InChI is InChI=1S/C76H148O17P2/c1-8-9-10-11-12-13-14-15-16-17-20-31-38-45-52-59-75(80)92-71(63-86-73(78)57-50-43-36-29-21-18-19-26-33-40-47-54-67(2)3)65-90-94(82,83)88-61-70(77)62-89-95(84,85)91-66-72(93-76(81)60-53-46-39-32-25-23-28-35-42-49-56-69(6)7)64-87-74(79)58-51-44-37-30-24-22-27-34-41-48-55-68(4)5/h67-72,77H,8-66H2,1-7H3,(H,82,83)(H,84,85)/t70-,71-,72-/m1/s1. The summed E-state index contributed by atoms with van der Waals surface area (Å²) in [7, 11) is -9.91. The van der Waals surface area contributed by atoms with Crippen molar-refractivity contribution in [2.45, 2.75) is 407 Å². The van der Waals surface area contributed by atoms with Crippen LogP contribution in [0.4, 0.5) is 0 Å². The Kier molecular flexibility index (Phi) is 65.2. The van der Waals surface area contributed by atoms with Crippen molar-refractivity contribution in [3.63, 3.8) is 0 Å². The number of ether oxygens (including phenoxy) is 4. The lowest BCUT2D eigenvalue weighted by molar-refractivity contribution is -0.161. The van der Waals surface area contributed by atoms with Gasteiger partial charge in [-0.1, -0.05) is 337 Å². The highest BCUT2D eigenvalue weighted by molar-refractivity contribution is 7.47. The summed E-state index contributed by atoms with van der Waals surface area (Å²) in [6, 6.07) is 0. The predicted octanol–water partition coefficient (Wildman–Crippen LogP) is 22.2. The van der Waals surface area contributed by atoms with E-state index in [1.54, 1.807) is 0 Å². The molecule has 0 aliphatic carbocycles. The first-order valence-electron chi connectivity index (χ1n) is 39.3. The molecule has 0 saturated heterocycles. The van der Waals surface area contributed by atoms with Crippen LogP contribution in [-0.4, -0.2) is 96.7 Å². The van der Waals surface area contributed by atoms with Crippen molar-refractivity contribution >= 4 is 39.5 Å². The summed E-state index contributed by atoms with van der Waals surface area (Å²) in [5, 5.41) is 10.6. The van der Waals surface area contributed by atoms with E-state index in [4.69, 9.17) is 37.0 Å². The third-order valence-corrected chi connectivity index (χ3v) is 19.5. The number of carbonyl (C=O) groups is 4. The number of esters is 4. The van der Waals surface area contributed by atoms with Crippen LogP contribution in [0.3, 0.4) is 0 Å². The molecule has 2 unspecified atom stereocenters. The van der Waals surface area contributed by atoms with Gasteiger partial charge < -0.3 is 33.8 Å². The summed E-state index contributed by atoms with van der Waals surface area (Å²) >= 11 is 0. The Bertz CT molecular complexity index is 1850. The van der Waals surface area contributed by atoms with Crippen molar-refractivity contribution in [1.29, 1.82) is 0 Å². The maximum absolute atomic E-state index is 13.1. The minimum absolute atomic E-state index is 0.106. The van der Waals surface area contributed by atoms with Crippen LogP contribution in [0.1, 0.15) is 389 Å². The van der Waals surface area contributed by atoms with Crippen molar-refractivity contribution in [3.05, 3.63) is 0 Å². The molecule has 0 aliphatic heterocycles. The van der Waals surface area contributed by atoms with Gasteiger partial charge in [-0.15, -0.1) is 0 Å². The lowest BCUT2D eigenvalue weighted by atomic mass is 10.0. The second kappa shape index (κ2) is 66.6. The summed E-state index contributed by atoms with van der Waals surface area (Å²) in [6.07, 6.45) is 52.6. The van der Waals surface area contributed by atoms with Gasteiger partial charge in [0.1, 0.15) is 19.3 Å². The molecule has 0 aliphatic rings. The maximum atomic E-state index is 13.1. The Morgan fingerprint density at radius 1 is 0.284 bits per heavy atom. The van der Waals surface area contributed by atoms with E-state index in [0.29, 0.717) is 25.7 Å². The molecule has 564 valence electrons. The van der Waals surface area contributed by atoms with Crippen LogP contribution in [0.2, 0.25) is 0 Å². The van der Waals surface area contributed by atoms with Gasteiger partial charge in [-0.25, -0.2) is 9.13 Å². The van der Waals surface area contributed by atoms with E-state index in [1.807, 2.05) is 0 Å². The third-order valence-electron chi connectivity index (χ3n) is 17.6. The highest BCUT2D eigenvalue weighted by atomic mass is 31.2. The van der Waals surface area contributed by atoms with Crippen LogP contribution in [0, 0.1) is 17.8 Å². The number of unbranched alkanes of at least 4 members (excludes halogenated alkanes) is 42. The zero-order valence-corrected chi connectivity index (χ0v) is 63.9. The zero-order valence-electron chi connectivity index (χ0n) is 62.1. The molecule has 95 heavy (non-hydrogen) atoms. The summed E-state index contributed by atoms with van der Waals surface area (Å²) < 4.78 is 68.6. The van der Waals surface area contributed by atoms with E-state index >= 15 is 0 Å². The lowest BCUT2D eigenvalue weighted by Gasteiger charge is -2.21. The molecule has 3 N–H and O–H groups in total. The first-order valence-corrected chi connectivity index (χ1v) is 42.3. The maximum Gasteiger partial charge on any atom is 0.472 e. The fourth-order valence-corrected chi connectivity index (χ4v) is 13.2. The van der Waals surface area contributed by atoms with E-state index in [1.165, 1.54) is 199 Å². The summed E-state index contributed by atoms with van der Waals surface area (Å²) in [4.78, 5) is 72.9. The average molecular weight is 1400 g/mol. The quantitative estimate of drug-likeness (QED) is 0.0222. The van der Waals surface area contributed by atoms with Gasteiger partial charge in [0, 0.05) is 25.7 Å². The van der Waals surface area contributed by atoms with Crippen molar-refractivity contribution < 1.29 is 80.2 Å². The highest BCUT2D eigenvalue weighted by Crippen LogP contribution is 2.45. The number of hydrogen-bond acceptors (Lipinski definition) is 15. The van der Waals surface area contributed by atoms with E-state index in [0.717, 1.165) is 108 Å². The molecule has 0 saturated carbocycles. The molecule has 0 aromatic carbocycles. The Balaban J connectivity index is 5.27. The smallest absolute Gasteiger partial charge is 0.462 e. The van der Waals surface area contributed by atoms with Crippen LogP contribution >= 0.6 is 15.6 Å². The lowest BCUT2D eigenvalue weighted by Crippen LogP contribution is -2.30. The first kappa shape index (κ1) is 93.1. The summed E-state index contributed by atoms with van der Waals surface area (Å²) in [6.45, 7) is 11.9. The highest BCUT2D eigenvalue weighted by Gasteiger charge is 2.30. The largest absolute Gasteiger partial charge is 0.472 e. The topological polar surface area (TPSA) is 237 Å². The monoisotopic (exact) mass is 1400 g/mol. The van der Waals surface area contributed by atoms with Crippen LogP contribution < -0.4 is 0 Å². The minimum Gasteiger partial charge on any atom is -0.462 e. The molecule has 0 aromatic heterocycles. The van der Waals surface area contributed by atoms with Gasteiger partial charge in [-0.3, -0.25) is 37.3 Å². The van der Waals surface area contributed by atoms with Crippen molar-refractivity contribution in [2.24, 2.45) is 17.8 Å². The number of carbonyl (C=O) groups excluding carboxylic acids is 4. The molecule has 0 amide bonds. The Morgan fingerprint density at radius 3 is 0.716 bits per heavy atom. The molecule has 0 aromatic rings. The number of rotatable bonds is 74. The van der Waals surface area contributed by atoms with Crippen LogP contribution in [0.15, 0.2) is 0 Å². The molecule has 17 nitrogen and oxygen atoms in total. The molecule has 0 radical (unpaired) electrons. The van der Waals surface area contributed by atoms with Gasteiger partial charge in [0.15, 0.2) is 12.2 Å². The Morgan fingerprint density at radius 2 is 0.484 bits per heavy atom. The molecule has 19 heteroatoms. The summed E-state index contributed by atoms with van der Waals surface area (Å²) in [5.41, 5.74) is 0. The SMILES string of the molecule is CCCCCCCCCCCCCCCCCC(=O)O[C@H](COC(=O)CCCCCCCCCCCCCC(C)C)COP(=O)(O)OC[C@@H](O)COP(=O)(O)OC[C@@H](COC(=O)CCCCCCCCCCCCC(C)C)OC(=O)CCCCCCCCCCCCC(C)C. The van der Waals surface area contributed by atoms with Crippen LogP contribution in [0.5, 0.6) is 0 Å². The molecule has 5 atom stereocenters. The van der Waals surface area contributed by atoms with E-state index in [2.05, 4.69) is 48.5 Å². The minimum atomic E-state index is -4.96.